The van der Waals surface area contributed by atoms with Crippen LogP contribution in [0, 0.1) is 5.82 Å². The van der Waals surface area contributed by atoms with Crippen molar-refractivity contribution < 1.29 is 9.50 Å². The van der Waals surface area contributed by atoms with Crippen LogP contribution in [0.25, 0.3) is 0 Å². The molecule has 1 unspecified atom stereocenters. The maximum absolute atomic E-state index is 13.2. The van der Waals surface area contributed by atoms with Gasteiger partial charge in [0.2, 0.25) is 0 Å². The molecule has 2 N–H and O–H groups in total. The first-order valence-electron chi connectivity index (χ1n) is 6.56. The minimum atomic E-state index is -0.239. The first-order chi connectivity index (χ1) is 9.22. The van der Waals surface area contributed by atoms with E-state index in [1.54, 1.807) is 12.1 Å². The van der Waals surface area contributed by atoms with Crippen molar-refractivity contribution in [2.45, 2.75) is 25.3 Å². The van der Waals surface area contributed by atoms with Crippen molar-refractivity contribution in [1.29, 1.82) is 0 Å². The fourth-order valence-corrected chi connectivity index (χ4v) is 2.72. The molecule has 0 aliphatic heterocycles. The van der Waals surface area contributed by atoms with E-state index in [1.807, 2.05) is 18.2 Å². The molecule has 3 heteroatoms. The van der Waals surface area contributed by atoms with E-state index in [9.17, 15) is 9.50 Å². The summed E-state index contributed by atoms with van der Waals surface area (Å²) in [5.41, 5.74) is 3.16. The van der Waals surface area contributed by atoms with Gasteiger partial charge in [-0.3, -0.25) is 0 Å². The number of anilines is 1. The van der Waals surface area contributed by atoms with E-state index in [0.29, 0.717) is 0 Å². The topological polar surface area (TPSA) is 32.3 Å². The zero-order chi connectivity index (χ0) is 13.2. The summed E-state index contributed by atoms with van der Waals surface area (Å²) in [5, 5.41) is 13.0. The summed E-state index contributed by atoms with van der Waals surface area (Å²) in [7, 11) is 0. The van der Waals surface area contributed by atoms with Crippen LogP contribution in [-0.2, 0) is 6.42 Å². The number of benzene rings is 2. The van der Waals surface area contributed by atoms with E-state index in [1.165, 1.54) is 17.7 Å². The van der Waals surface area contributed by atoms with Crippen LogP contribution in [0.5, 0.6) is 5.75 Å². The number of nitrogens with one attached hydrogen (secondary N) is 1. The number of fused-ring (bicyclic) bond motifs is 1. The highest BCUT2D eigenvalue weighted by molar-refractivity contribution is 5.48. The molecule has 2 nitrogen and oxygen atoms in total. The Morgan fingerprint density at radius 3 is 2.89 bits per heavy atom. The number of hydrogen-bond acceptors (Lipinski definition) is 2. The highest BCUT2D eigenvalue weighted by Crippen LogP contribution is 2.34. The molecule has 3 rings (SSSR count). The van der Waals surface area contributed by atoms with Crippen molar-refractivity contribution in [2.24, 2.45) is 0 Å². The van der Waals surface area contributed by atoms with Gasteiger partial charge in [0.1, 0.15) is 11.6 Å². The first-order valence-corrected chi connectivity index (χ1v) is 6.56. The molecule has 0 saturated heterocycles. The molecule has 0 amide bonds. The van der Waals surface area contributed by atoms with Crippen LogP contribution in [0.3, 0.4) is 0 Å². The molecule has 1 atom stereocenters. The zero-order valence-electron chi connectivity index (χ0n) is 10.6. The number of aryl methyl sites for hydroxylation is 1. The first kappa shape index (κ1) is 12.0. The highest BCUT2D eigenvalue weighted by atomic mass is 19.1. The number of phenolic OH excluding ortho intramolecular Hbond substituents is 1. The maximum Gasteiger partial charge on any atom is 0.125 e. The second-order valence-corrected chi connectivity index (χ2v) is 4.98. The van der Waals surface area contributed by atoms with Gasteiger partial charge in [-0.2, -0.15) is 0 Å². The molecule has 19 heavy (non-hydrogen) atoms. The third kappa shape index (κ3) is 2.55. The van der Waals surface area contributed by atoms with Crippen LogP contribution in [0.2, 0.25) is 0 Å². The zero-order valence-corrected chi connectivity index (χ0v) is 10.6. The van der Waals surface area contributed by atoms with Crippen LogP contribution >= 0.6 is 0 Å². The largest absolute Gasteiger partial charge is 0.508 e. The molecule has 1 aliphatic rings. The molecule has 0 bridgehead atoms. The lowest BCUT2D eigenvalue weighted by atomic mass is 9.87. The number of halogens is 1. The molecule has 2 aromatic carbocycles. The van der Waals surface area contributed by atoms with E-state index in [0.717, 1.165) is 30.5 Å². The number of phenols is 1. The Bertz CT molecular complexity index is 597. The van der Waals surface area contributed by atoms with Gasteiger partial charge >= 0.3 is 0 Å². The molecule has 1 aliphatic carbocycles. The van der Waals surface area contributed by atoms with Crippen molar-refractivity contribution in [3.05, 3.63) is 59.4 Å². The van der Waals surface area contributed by atoms with Gasteiger partial charge in [-0.25, -0.2) is 4.39 Å². The quantitative estimate of drug-likeness (QED) is 0.851. The standard InChI is InChI=1S/C16H16FNO/c17-12-4-2-5-13(9-12)18-16-6-1-3-11-7-8-14(19)10-15(11)16/h2,4-5,7-10,16,18-19H,1,3,6H2. The van der Waals surface area contributed by atoms with Gasteiger partial charge in [0, 0.05) is 5.69 Å². The SMILES string of the molecule is Oc1ccc2c(c1)C(Nc1cccc(F)c1)CCC2. The molecule has 0 fully saturated rings. The van der Waals surface area contributed by atoms with Crippen LogP contribution in [-0.4, -0.2) is 5.11 Å². The third-order valence-electron chi connectivity index (χ3n) is 3.61. The van der Waals surface area contributed by atoms with E-state index < -0.39 is 0 Å². The van der Waals surface area contributed by atoms with Crippen molar-refractivity contribution in [1.82, 2.24) is 0 Å². The van der Waals surface area contributed by atoms with Crippen LogP contribution in [0.4, 0.5) is 10.1 Å². The predicted octanol–water partition coefficient (Wildman–Crippen LogP) is 4.02. The fourth-order valence-electron chi connectivity index (χ4n) is 2.72. The molecule has 0 radical (unpaired) electrons. The molecule has 98 valence electrons. The number of rotatable bonds is 2. The van der Waals surface area contributed by atoms with Crippen molar-refractivity contribution >= 4 is 5.69 Å². The summed E-state index contributed by atoms with van der Waals surface area (Å²) in [5.74, 6) is 0.0450. The van der Waals surface area contributed by atoms with E-state index in [4.69, 9.17) is 0 Å². The molecule has 0 aromatic heterocycles. The fraction of sp³-hybridized carbons (Fsp3) is 0.250. The highest BCUT2D eigenvalue weighted by Gasteiger charge is 2.20. The average Bonchev–Trinajstić information content (AvgIpc) is 2.39. The Hall–Kier alpha value is -2.03. The minimum Gasteiger partial charge on any atom is -0.508 e. The molecule has 2 aromatic rings. The second-order valence-electron chi connectivity index (χ2n) is 4.98. The Morgan fingerprint density at radius 1 is 1.16 bits per heavy atom. The van der Waals surface area contributed by atoms with Gasteiger partial charge in [-0.05, 0) is 60.7 Å². The summed E-state index contributed by atoms with van der Waals surface area (Å²) in [6.45, 7) is 0. The van der Waals surface area contributed by atoms with E-state index in [-0.39, 0.29) is 17.6 Å². The molecule has 0 saturated carbocycles. The predicted molar refractivity (Wildman–Crippen MR) is 73.8 cm³/mol. The van der Waals surface area contributed by atoms with Crippen LogP contribution < -0.4 is 5.32 Å². The van der Waals surface area contributed by atoms with Crippen LogP contribution in [0.1, 0.15) is 30.0 Å². The molecule has 0 spiro atoms. The third-order valence-corrected chi connectivity index (χ3v) is 3.61. The lowest BCUT2D eigenvalue weighted by Gasteiger charge is -2.27. The average molecular weight is 257 g/mol. The van der Waals surface area contributed by atoms with Gasteiger partial charge in [-0.15, -0.1) is 0 Å². The van der Waals surface area contributed by atoms with Gasteiger partial charge in [0.15, 0.2) is 0 Å². The molecule has 0 heterocycles. The summed E-state index contributed by atoms with van der Waals surface area (Å²) in [6.07, 6.45) is 3.13. The Balaban J connectivity index is 1.89. The van der Waals surface area contributed by atoms with E-state index in [2.05, 4.69) is 5.32 Å². The second kappa shape index (κ2) is 4.92. The normalized spacial score (nSPS) is 17.8. The van der Waals surface area contributed by atoms with Crippen LogP contribution in [0.15, 0.2) is 42.5 Å². The van der Waals surface area contributed by atoms with Gasteiger partial charge in [0.05, 0.1) is 6.04 Å². The number of aromatic hydroxyl groups is 1. The van der Waals surface area contributed by atoms with Crippen molar-refractivity contribution in [2.75, 3.05) is 5.32 Å². The summed E-state index contributed by atoms with van der Waals surface area (Å²) >= 11 is 0. The maximum atomic E-state index is 13.2. The van der Waals surface area contributed by atoms with E-state index >= 15 is 0 Å². The Kier molecular flexibility index (Phi) is 3.11. The molecular weight excluding hydrogens is 241 g/mol. The summed E-state index contributed by atoms with van der Waals surface area (Å²) < 4.78 is 13.2. The lowest BCUT2D eigenvalue weighted by Crippen LogP contribution is -2.17. The van der Waals surface area contributed by atoms with Crippen molar-refractivity contribution in [3.8, 4) is 5.75 Å². The van der Waals surface area contributed by atoms with Crippen molar-refractivity contribution in [3.63, 3.8) is 0 Å². The minimum absolute atomic E-state index is 0.137. The van der Waals surface area contributed by atoms with Gasteiger partial charge in [-0.1, -0.05) is 12.1 Å². The monoisotopic (exact) mass is 257 g/mol. The van der Waals surface area contributed by atoms with Gasteiger partial charge < -0.3 is 10.4 Å². The Labute approximate surface area is 111 Å². The summed E-state index contributed by atoms with van der Waals surface area (Å²) in [4.78, 5) is 0. The van der Waals surface area contributed by atoms with Gasteiger partial charge in [0.25, 0.3) is 0 Å². The lowest BCUT2D eigenvalue weighted by molar-refractivity contribution is 0.471. The smallest absolute Gasteiger partial charge is 0.125 e. The Morgan fingerprint density at radius 2 is 2.05 bits per heavy atom. The number of hydrogen-bond donors (Lipinski definition) is 2. The summed E-state index contributed by atoms with van der Waals surface area (Å²) in [6, 6.07) is 12.1. The molecular formula is C16H16FNO.